The van der Waals surface area contributed by atoms with Gasteiger partial charge in [0.25, 0.3) is 0 Å². The van der Waals surface area contributed by atoms with Gasteiger partial charge in [-0.15, -0.1) is 0 Å². The second-order valence-electron chi connectivity index (χ2n) is 8.49. The second-order valence-corrected chi connectivity index (χ2v) is 14.6. The molecule has 2 heterocycles. The van der Waals surface area contributed by atoms with E-state index in [1.807, 2.05) is 13.8 Å². The van der Waals surface area contributed by atoms with Crippen molar-refractivity contribution in [3.05, 3.63) is 29.0 Å². The Balaban J connectivity index is 2.74. The van der Waals surface area contributed by atoms with Crippen LogP contribution >= 0.6 is 11.6 Å². The average Bonchev–Trinajstić information content (AvgIpc) is 2.91. The third kappa shape index (κ3) is 3.17. The zero-order valence-electron chi connectivity index (χ0n) is 16.8. The van der Waals surface area contributed by atoms with Crippen molar-refractivity contribution in [1.29, 1.82) is 0 Å². The van der Waals surface area contributed by atoms with Gasteiger partial charge >= 0.3 is 0 Å². The third-order valence-electron chi connectivity index (χ3n) is 5.82. The van der Waals surface area contributed by atoms with E-state index in [1.54, 1.807) is 6.20 Å². The molecule has 2 aromatic heterocycles. The predicted octanol–water partition coefficient (Wildman–Crippen LogP) is 6.40. The Morgan fingerprint density at radius 2 is 1.52 bits per heavy atom. The number of halogens is 1. The lowest BCUT2D eigenvalue weighted by atomic mass is 10.00. The first kappa shape index (κ1) is 20.5. The minimum Gasteiger partial charge on any atom is -0.388 e. The van der Waals surface area contributed by atoms with Crippen molar-refractivity contribution in [1.82, 2.24) is 9.22 Å². The van der Waals surface area contributed by atoms with Crippen LogP contribution in [0.1, 0.15) is 67.1 Å². The first-order valence-electron chi connectivity index (χ1n) is 9.40. The molecule has 0 saturated heterocycles. The highest BCUT2D eigenvalue weighted by Gasteiger charge is 2.46. The van der Waals surface area contributed by atoms with Crippen LogP contribution in [0.25, 0.3) is 11.0 Å². The summed E-state index contributed by atoms with van der Waals surface area (Å²) in [5, 5.41) is 12.0. The van der Waals surface area contributed by atoms with Crippen LogP contribution in [-0.4, -0.2) is 22.6 Å². The van der Waals surface area contributed by atoms with Crippen molar-refractivity contribution in [3.63, 3.8) is 0 Å². The molecular formula is C20H33ClN2OSi. The van der Waals surface area contributed by atoms with Gasteiger partial charge in [0.15, 0.2) is 8.24 Å². The highest BCUT2D eigenvalue weighted by molar-refractivity contribution is 6.82. The van der Waals surface area contributed by atoms with Crippen LogP contribution in [0.5, 0.6) is 0 Å². The molecule has 0 bridgehead atoms. The van der Waals surface area contributed by atoms with E-state index in [9.17, 15) is 5.11 Å². The zero-order chi connectivity index (χ0) is 19.1. The zero-order valence-corrected chi connectivity index (χ0v) is 18.6. The maximum Gasteiger partial charge on any atom is 0.171 e. The van der Waals surface area contributed by atoms with Crippen molar-refractivity contribution in [2.75, 3.05) is 0 Å². The van der Waals surface area contributed by atoms with E-state index in [4.69, 9.17) is 16.6 Å². The molecule has 0 aliphatic carbocycles. The Morgan fingerprint density at radius 3 is 1.96 bits per heavy atom. The summed E-state index contributed by atoms with van der Waals surface area (Å²) in [6, 6.07) is 2.08. The molecule has 140 valence electrons. The lowest BCUT2D eigenvalue weighted by Gasteiger charge is -2.44. The van der Waals surface area contributed by atoms with Gasteiger partial charge in [0.2, 0.25) is 0 Å². The van der Waals surface area contributed by atoms with E-state index in [0.29, 0.717) is 21.6 Å². The van der Waals surface area contributed by atoms with Crippen LogP contribution in [-0.2, 0) is 0 Å². The van der Waals surface area contributed by atoms with Crippen molar-refractivity contribution < 1.29 is 5.11 Å². The number of nitrogens with zero attached hydrogens (tertiary/aromatic N) is 2. The van der Waals surface area contributed by atoms with Crippen molar-refractivity contribution in [2.24, 2.45) is 5.92 Å². The molecule has 1 unspecified atom stereocenters. The summed E-state index contributed by atoms with van der Waals surface area (Å²) in [6.45, 7) is 18.0. The lowest BCUT2D eigenvalue weighted by molar-refractivity contribution is 0.127. The van der Waals surface area contributed by atoms with Crippen LogP contribution in [0.3, 0.4) is 0 Å². The number of aromatic nitrogens is 2. The first-order chi connectivity index (χ1) is 11.6. The average molecular weight is 381 g/mol. The SMILES string of the molecule is CC(C)C(O)c1cnc2c(ccn2[Si](C(C)C)(C(C)C)C(C)C)c1Cl. The van der Waals surface area contributed by atoms with Crippen LogP contribution < -0.4 is 0 Å². The summed E-state index contributed by atoms with van der Waals surface area (Å²) >= 11 is 6.68. The molecule has 0 aromatic carbocycles. The van der Waals surface area contributed by atoms with Crippen LogP contribution in [0, 0.1) is 5.92 Å². The molecule has 3 nitrogen and oxygen atoms in total. The maximum absolute atomic E-state index is 10.4. The minimum absolute atomic E-state index is 0.106. The van der Waals surface area contributed by atoms with E-state index >= 15 is 0 Å². The van der Waals surface area contributed by atoms with Gasteiger partial charge in [-0.05, 0) is 34.8 Å². The number of hydrogen-bond acceptors (Lipinski definition) is 2. The summed E-state index contributed by atoms with van der Waals surface area (Å²) in [7, 11) is -1.87. The van der Waals surface area contributed by atoms with E-state index < -0.39 is 14.3 Å². The largest absolute Gasteiger partial charge is 0.388 e. The second kappa shape index (κ2) is 7.41. The molecule has 0 saturated carbocycles. The standard InChI is InChI=1S/C20H33ClN2OSi/c1-12(2)19(24)17-11-22-20-16(18(17)21)9-10-23(20)25(13(3)4,14(5)6)15(7)8/h9-15,19,24H,1-8H3. The molecule has 2 rings (SSSR count). The smallest absolute Gasteiger partial charge is 0.171 e. The summed E-state index contributed by atoms with van der Waals surface area (Å²) in [5.41, 5.74) is 3.46. The highest BCUT2D eigenvalue weighted by atomic mass is 35.5. The van der Waals surface area contributed by atoms with Crippen LogP contribution in [0.15, 0.2) is 18.5 Å². The van der Waals surface area contributed by atoms with Gasteiger partial charge in [0.05, 0.1) is 11.1 Å². The van der Waals surface area contributed by atoms with E-state index in [2.05, 4.69) is 58.0 Å². The van der Waals surface area contributed by atoms with E-state index in [-0.39, 0.29) is 5.92 Å². The lowest BCUT2D eigenvalue weighted by Crippen LogP contribution is -2.51. The Labute approximate surface area is 158 Å². The fourth-order valence-electron chi connectivity index (χ4n) is 4.78. The van der Waals surface area contributed by atoms with Crippen molar-refractivity contribution in [2.45, 2.75) is 78.1 Å². The maximum atomic E-state index is 10.4. The number of aliphatic hydroxyl groups is 1. The minimum atomic E-state index is -1.87. The molecular weight excluding hydrogens is 348 g/mol. The fourth-order valence-corrected chi connectivity index (χ4v) is 11.6. The van der Waals surface area contributed by atoms with Gasteiger partial charge in [-0.1, -0.05) is 67.0 Å². The number of pyridine rings is 1. The van der Waals surface area contributed by atoms with Crippen molar-refractivity contribution >= 4 is 30.9 Å². The van der Waals surface area contributed by atoms with Gasteiger partial charge in [-0.25, -0.2) is 4.98 Å². The molecule has 1 N–H and O–H groups in total. The molecule has 25 heavy (non-hydrogen) atoms. The fraction of sp³-hybridized carbons (Fsp3) is 0.650. The quantitative estimate of drug-likeness (QED) is 0.588. The van der Waals surface area contributed by atoms with Crippen LogP contribution in [0.4, 0.5) is 0 Å². The number of hydrogen-bond donors (Lipinski definition) is 1. The molecule has 0 radical (unpaired) electrons. The molecule has 0 fully saturated rings. The monoisotopic (exact) mass is 380 g/mol. The molecule has 0 amide bonds. The summed E-state index contributed by atoms with van der Waals surface area (Å²) < 4.78 is 2.46. The van der Waals surface area contributed by atoms with E-state index in [1.165, 1.54) is 0 Å². The summed E-state index contributed by atoms with van der Waals surface area (Å²) in [6.07, 6.45) is 3.36. The van der Waals surface area contributed by atoms with Crippen molar-refractivity contribution in [3.8, 4) is 0 Å². The molecule has 0 spiro atoms. The molecule has 0 aliphatic rings. The van der Waals surface area contributed by atoms with Gasteiger partial charge in [0.1, 0.15) is 5.65 Å². The highest BCUT2D eigenvalue weighted by Crippen LogP contribution is 2.45. The molecule has 0 aliphatic heterocycles. The number of rotatable bonds is 6. The Kier molecular flexibility index (Phi) is 6.07. The molecule has 2 aromatic rings. The summed E-state index contributed by atoms with van der Waals surface area (Å²) in [4.78, 5) is 4.77. The van der Waals surface area contributed by atoms with Gasteiger partial charge < -0.3 is 9.34 Å². The Bertz CT molecular complexity index is 715. The number of fused-ring (bicyclic) bond motifs is 1. The predicted molar refractivity (Wildman–Crippen MR) is 111 cm³/mol. The Morgan fingerprint density at radius 1 is 1.00 bits per heavy atom. The normalized spacial score (nSPS) is 14.5. The first-order valence-corrected chi connectivity index (χ1v) is 12.0. The topological polar surface area (TPSA) is 38.1 Å². The van der Waals surface area contributed by atoms with Gasteiger partial charge in [-0.3, -0.25) is 0 Å². The third-order valence-corrected chi connectivity index (χ3v) is 13.0. The van der Waals surface area contributed by atoms with Gasteiger partial charge in [-0.2, -0.15) is 0 Å². The Hall–Kier alpha value is -0.843. The van der Waals surface area contributed by atoms with E-state index in [0.717, 1.165) is 16.6 Å². The molecule has 1 atom stereocenters. The summed E-state index contributed by atoms with van der Waals surface area (Å²) in [5.74, 6) is 0.106. The van der Waals surface area contributed by atoms with Gasteiger partial charge in [0, 0.05) is 17.1 Å². The number of aliphatic hydroxyl groups excluding tert-OH is 1. The van der Waals surface area contributed by atoms with Crippen LogP contribution in [0.2, 0.25) is 21.6 Å². The molecule has 5 heteroatoms.